The van der Waals surface area contributed by atoms with Gasteiger partial charge in [0.05, 0.1) is 10.7 Å². The van der Waals surface area contributed by atoms with Crippen molar-refractivity contribution >= 4 is 58.8 Å². The SMILES string of the molecule is Cc1nc(N2C[C@@H]3C(NC(=O)c4cc(Cl)c(C)[nH]4)[C@@H]3C2)sc1C(=O)O.[LiH]. The molecule has 1 unspecified atom stereocenters. The van der Waals surface area contributed by atoms with Crippen LogP contribution < -0.4 is 10.2 Å². The predicted octanol–water partition coefficient (Wildman–Crippen LogP) is 1.66. The Morgan fingerprint density at radius 1 is 1.38 bits per heavy atom. The average molecular weight is 389 g/mol. The molecular formula is C16H18ClLiN4O3S. The summed E-state index contributed by atoms with van der Waals surface area (Å²) in [5.74, 6) is -0.309. The van der Waals surface area contributed by atoms with Crippen LogP contribution in [0.25, 0.3) is 0 Å². The van der Waals surface area contributed by atoms with Gasteiger partial charge in [-0.05, 0) is 19.9 Å². The summed E-state index contributed by atoms with van der Waals surface area (Å²) >= 11 is 7.19. The van der Waals surface area contributed by atoms with Crippen LogP contribution in [0.1, 0.15) is 31.5 Å². The first kappa shape index (κ1) is 19.3. The van der Waals surface area contributed by atoms with E-state index in [2.05, 4.69) is 20.2 Å². The number of hydrogen-bond acceptors (Lipinski definition) is 5. The van der Waals surface area contributed by atoms with Gasteiger partial charge in [0.15, 0.2) is 5.13 Å². The first-order valence-electron chi connectivity index (χ1n) is 7.96. The Kier molecular flexibility index (Phi) is 5.14. The molecule has 10 heteroatoms. The number of carbonyl (C=O) groups is 2. The minimum absolute atomic E-state index is 0. The van der Waals surface area contributed by atoms with Gasteiger partial charge in [-0.2, -0.15) is 0 Å². The van der Waals surface area contributed by atoms with Crippen LogP contribution in [-0.2, 0) is 0 Å². The van der Waals surface area contributed by atoms with E-state index in [1.165, 1.54) is 11.3 Å². The number of anilines is 1. The van der Waals surface area contributed by atoms with E-state index < -0.39 is 5.97 Å². The molecule has 1 amide bonds. The van der Waals surface area contributed by atoms with E-state index in [9.17, 15) is 9.59 Å². The van der Waals surface area contributed by atoms with Gasteiger partial charge in [0.1, 0.15) is 10.6 Å². The van der Waals surface area contributed by atoms with E-state index >= 15 is 0 Å². The Hall–Kier alpha value is -1.46. The number of rotatable bonds is 4. The fourth-order valence-electron chi connectivity index (χ4n) is 3.50. The molecule has 7 nitrogen and oxygen atoms in total. The van der Waals surface area contributed by atoms with Crippen molar-refractivity contribution in [3.63, 3.8) is 0 Å². The zero-order chi connectivity index (χ0) is 17.9. The van der Waals surface area contributed by atoms with E-state index in [4.69, 9.17) is 16.7 Å². The van der Waals surface area contributed by atoms with Gasteiger partial charge in [-0.3, -0.25) is 4.79 Å². The zero-order valence-corrected chi connectivity index (χ0v) is 15.2. The molecule has 0 aromatic carbocycles. The second kappa shape index (κ2) is 6.93. The Balaban J connectivity index is 0.00000196. The van der Waals surface area contributed by atoms with Crippen molar-refractivity contribution in [3.05, 3.63) is 33.0 Å². The second-order valence-electron chi connectivity index (χ2n) is 6.60. The summed E-state index contributed by atoms with van der Waals surface area (Å²) in [6, 6.07) is 1.80. The normalized spacial score (nSPS) is 23.3. The number of nitrogens with zero attached hydrogens (tertiary/aromatic N) is 2. The number of amides is 1. The molecule has 1 aliphatic carbocycles. The Bertz CT molecular complexity index is 851. The van der Waals surface area contributed by atoms with E-state index in [-0.39, 0.29) is 30.8 Å². The molecule has 3 heterocycles. The van der Waals surface area contributed by atoms with E-state index in [0.717, 1.165) is 23.9 Å². The molecular weight excluding hydrogens is 371 g/mol. The summed E-state index contributed by atoms with van der Waals surface area (Å²) in [5.41, 5.74) is 1.81. The van der Waals surface area contributed by atoms with Crippen molar-refractivity contribution in [1.29, 1.82) is 0 Å². The van der Waals surface area contributed by atoms with Gasteiger partial charge in [-0.15, -0.1) is 0 Å². The summed E-state index contributed by atoms with van der Waals surface area (Å²) in [4.78, 5) is 33.2. The Labute approximate surface area is 171 Å². The van der Waals surface area contributed by atoms with Crippen molar-refractivity contribution in [2.24, 2.45) is 11.8 Å². The van der Waals surface area contributed by atoms with Crippen LogP contribution in [0.4, 0.5) is 5.13 Å². The molecule has 134 valence electrons. The van der Waals surface area contributed by atoms with Gasteiger partial charge < -0.3 is 20.3 Å². The van der Waals surface area contributed by atoms with Gasteiger partial charge in [0.25, 0.3) is 5.91 Å². The average Bonchev–Trinajstić information content (AvgIpc) is 2.96. The number of H-pyrrole nitrogens is 1. The molecule has 2 fully saturated rings. The second-order valence-corrected chi connectivity index (χ2v) is 7.99. The van der Waals surface area contributed by atoms with Crippen molar-refractivity contribution in [2.75, 3.05) is 18.0 Å². The number of fused-ring (bicyclic) bond motifs is 1. The van der Waals surface area contributed by atoms with Crippen molar-refractivity contribution in [2.45, 2.75) is 19.9 Å². The van der Waals surface area contributed by atoms with Crippen molar-refractivity contribution < 1.29 is 14.7 Å². The first-order valence-corrected chi connectivity index (χ1v) is 9.16. The van der Waals surface area contributed by atoms with E-state index in [0.29, 0.717) is 33.1 Å². The molecule has 2 aromatic heterocycles. The number of carboxylic acids is 1. The van der Waals surface area contributed by atoms with Gasteiger partial charge in [-0.25, -0.2) is 9.78 Å². The van der Waals surface area contributed by atoms with Crippen LogP contribution in [0, 0.1) is 25.7 Å². The Morgan fingerprint density at radius 3 is 2.54 bits per heavy atom. The summed E-state index contributed by atoms with van der Waals surface area (Å²) in [6.45, 7) is 5.11. The van der Waals surface area contributed by atoms with Gasteiger partial charge >= 0.3 is 24.8 Å². The number of carboxylic acid groups (broad SMARTS) is 1. The van der Waals surface area contributed by atoms with Gasteiger partial charge in [0, 0.05) is 36.7 Å². The number of aromatic carboxylic acids is 1. The van der Waals surface area contributed by atoms with E-state index in [1.807, 2.05) is 6.92 Å². The summed E-state index contributed by atoms with van der Waals surface area (Å²) in [6.07, 6.45) is 0. The third kappa shape index (κ3) is 3.27. The van der Waals surface area contributed by atoms with Gasteiger partial charge in [0.2, 0.25) is 0 Å². The maximum atomic E-state index is 12.3. The van der Waals surface area contributed by atoms with Crippen LogP contribution in [0.15, 0.2) is 6.07 Å². The number of aromatic amines is 1. The predicted molar refractivity (Wildman–Crippen MR) is 102 cm³/mol. The third-order valence-corrected chi connectivity index (χ3v) is 6.54. The molecule has 1 saturated heterocycles. The molecule has 3 atom stereocenters. The number of piperidine rings is 1. The standard InChI is InChI=1S/C16H17ClN4O3S.Li.H/c1-6-10(17)3-11(18-6)14(22)20-12-8-4-21(5-9(8)12)16-19-7(2)13(25-16)15(23)24;;/h3,8-9,12,18H,4-5H2,1-2H3,(H,20,22)(H,23,24);;/t8-,9+,12?;;. The molecule has 26 heavy (non-hydrogen) atoms. The van der Waals surface area contributed by atoms with Crippen LogP contribution in [-0.4, -0.2) is 64.9 Å². The zero-order valence-electron chi connectivity index (χ0n) is 13.7. The topological polar surface area (TPSA) is 98.3 Å². The fraction of sp³-hybridized carbons (Fsp3) is 0.438. The molecule has 2 aliphatic rings. The number of carbonyl (C=O) groups excluding carboxylic acids is 1. The minimum atomic E-state index is -0.935. The summed E-state index contributed by atoms with van der Waals surface area (Å²) < 4.78 is 0. The third-order valence-electron chi connectivity index (χ3n) is 4.94. The van der Waals surface area contributed by atoms with Crippen LogP contribution in [0.2, 0.25) is 5.02 Å². The van der Waals surface area contributed by atoms with Gasteiger partial charge in [-0.1, -0.05) is 22.9 Å². The monoisotopic (exact) mass is 388 g/mol. The quantitative estimate of drug-likeness (QED) is 0.692. The van der Waals surface area contributed by atoms with E-state index in [1.54, 1.807) is 13.0 Å². The Morgan fingerprint density at radius 2 is 2.04 bits per heavy atom. The number of thiazole rings is 1. The molecule has 3 N–H and O–H groups in total. The fourth-order valence-corrected chi connectivity index (χ4v) is 4.58. The van der Waals surface area contributed by atoms with Crippen LogP contribution >= 0.6 is 22.9 Å². The summed E-state index contributed by atoms with van der Waals surface area (Å²) in [7, 11) is 0. The molecule has 0 bridgehead atoms. The molecule has 4 rings (SSSR count). The number of halogens is 1. The van der Waals surface area contributed by atoms with Crippen LogP contribution in [0.3, 0.4) is 0 Å². The first-order chi connectivity index (χ1) is 11.8. The number of aromatic nitrogens is 2. The van der Waals surface area contributed by atoms with Crippen molar-refractivity contribution in [1.82, 2.24) is 15.3 Å². The molecule has 0 spiro atoms. The number of aryl methyl sites for hydroxylation is 2. The summed E-state index contributed by atoms with van der Waals surface area (Å²) in [5, 5.41) is 13.5. The number of nitrogens with one attached hydrogen (secondary N) is 2. The molecule has 1 saturated carbocycles. The molecule has 2 aromatic rings. The van der Waals surface area contributed by atoms with Crippen molar-refractivity contribution in [3.8, 4) is 0 Å². The van der Waals surface area contributed by atoms with Crippen LogP contribution in [0.5, 0.6) is 0 Å². The molecule has 0 radical (unpaired) electrons. The maximum absolute atomic E-state index is 12.3. The number of hydrogen-bond donors (Lipinski definition) is 3. The molecule has 1 aliphatic heterocycles.